The number of halogens is 1. The number of carbonyl (C=O) groups excluding carboxylic acids is 1. The molecule has 1 saturated heterocycles. The summed E-state index contributed by atoms with van der Waals surface area (Å²) in [5, 5.41) is 27.4. The van der Waals surface area contributed by atoms with Crippen LogP contribution in [0.25, 0.3) is 5.69 Å². The summed E-state index contributed by atoms with van der Waals surface area (Å²) in [6.07, 6.45) is 2.08. The molecule has 3 N–H and O–H groups in total. The predicted molar refractivity (Wildman–Crippen MR) is 96.0 cm³/mol. The third-order valence-electron chi connectivity index (χ3n) is 4.53. The molecule has 0 spiro atoms. The second kappa shape index (κ2) is 7.56. The van der Waals surface area contributed by atoms with Crippen molar-refractivity contribution in [3.63, 3.8) is 0 Å². The first kappa shape index (κ1) is 18.6. The lowest BCUT2D eigenvalue weighted by molar-refractivity contribution is -0.117. The number of anilines is 1. The zero-order valence-electron chi connectivity index (χ0n) is 14.3. The summed E-state index contributed by atoms with van der Waals surface area (Å²) in [6, 6.07) is 4.95. The van der Waals surface area contributed by atoms with Gasteiger partial charge in [0.15, 0.2) is 5.82 Å². The zero-order chi connectivity index (χ0) is 17.4. The van der Waals surface area contributed by atoms with E-state index in [-0.39, 0.29) is 18.3 Å². The highest BCUT2D eigenvalue weighted by atomic mass is 35.5. The first-order chi connectivity index (χ1) is 12.2. The number of tetrazole rings is 1. The number of ether oxygens (including phenoxy) is 1. The molecule has 9 nitrogen and oxygen atoms in total. The van der Waals surface area contributed by atoms with E-state index in [4.69, 9.17) is 4.74 Å². The molecule has 2 aromatic rings. The van der Waals surface area contributed by atoms with Crippen LogP contribution in [0.5, 0.6) is 5.75 Å². The maximum atomic E-state index is 12.3. The fourth-order valence-electron chi connectivity index (χ4n) is 3.04. The highest BCUT2D eigenvalue weighted by Crippen LogP contribution is 2.40. The third kappa shape index (κ3) is 3.64. The van der Waals surface area contributed by atoms with Crippen LogP contribution in [0.2, 0.25) is 0 Å². The number of hydrogen-bond donors (Lipinski definition) is 3. The Labute approximate surface area is 156 Å². The third-order valence-corrected chi connectivity index (χ3v) is 4.53. The molecule has 2 heterocycles. The van der Waals surface area contributed by atoms with E-state index >= 15 is 0 Å². The Bertz CT molecular complexity index is 794. The van der Waals surface area contributed by atoms with Crippen LogP contribution in [0, 0.1) is 0 Å². The SMILES string of the molecule is COc1ccc(NC(=O)C2CC(O)CN2)cc1-n1nnnc1C1CC1.Cl. The van der Waals surface area contributed by atoms with Crippen molar-refractivity contribution in [1.29, 1.82) is 0 Å². The molecule has 0 radical (unpaired) electrons. The molecular formula is C16H21ClN6O3. The van der Waals surface area contributed by atoms with Crippen LogP contribution in [0.1, 0.15) is 31.0 Å². The normalized spacial score (nSPS) is 21.9. The van der Waals surface area contributed by atoms with E-state index in [0.717, 1.165) is 18.7 Å². The van der Waals surface area contributed by atoms with E-state index in [1.165, 1.54) is 0 Å². The summed E-state index contributed by atoms with van der Waals surface area (Å²) >= 11 is 0. The van der Waals surface area contributed by atoms with Crippen molar-refractivity contribution >= 4 is 24.0 Å². The van der Waals surface area contributed by atoms with Crippen molar-refractivity contribution in [3.05, 3.63) is 24.0 Å². The lowest BCUT2D eigenvalue weighted by Crippen LogP contribution is -2.35. The van der Waals surface area contributed by atoms with Crippen LogP contribution in [0.15, 0.2) is 18.2 Å². The topological polar surface area (TPSA) is 114 Å². The molecule has 1 aliphatic heterocycles. The number of amides is 1. The minimum absolute atomic E-state index is 0. The maximum absolute atomic E-state index is 12.3. The van der Waals surface area contributed by atoms with E-state index in [9.17, 15) is 9.90 Å². The van der Waals surface area contributed by atoms with E-state index in [1.807, 2.05) is 0 Å². The van der Waals surface area contributed by atoms with Crippen molar-refractivity contribution < 1.29 is 14.6 Å². The number of aliphatic hydroxyl groups is 1. The Morgan fingerprint density at radius 2 is 2.23 bits per heavy atom. The Morgan fingerprint density at radius 1 is 1.42 bits per heavy atom. The van der Waals surface area contributed by atoms with Gasteiger partial charge < -0.3 is 20.5 Å². The second-order valence-corrected chi connectivity index (χ2v) is 6.45. The van der Waals surface area contributed by atoms with E-state index in [1.54, 1.807) is 30.0 Å². The summed E-state index contributed by atoms with van der Waals surface area (Å²) in [6.45, 7) is 0.432. The van der Waals surface area contributed by atoms with Crippen molar-refractivity contribution in [2.45, 2.75) is 37.3 Å². The molecular weight excluding hydrogens is 360 g/mol. The molecule has 2 aliphatic rings. The van der Waals surface area contributed by atoms with Gasteiger partial charge in [0, 0.05) is 18.2 Å². The zero-order valence-corrected chi connectivity index (χ0v) is 15.1. The van der Waals surface area contributed by atoms with Gasteiger partial charge in [-0.1, -0.05) is 0 Å². The molecule has 2 unspecified atom stereocenters. The molecule has 1 aliphatic carbocycles. The van der Waals surface area contributed by atoms with Crippen LogP contribution >= 0.6 is 12.4 Å². The number of nitrogens with one attached hydrogen (secondary N) is 2. The number of hydrogen-bond acceptors (Lipinski definition) is 7. The van der Waals surface area contributed by atoms with Crippen molar-refractivity contribution in [1.82, 2.24) is 25.5 Å². The Kier molecular flexibility index (Phi) is 5.40. The molecule has 140 valence electrons. The largest absolute Gasteiger partial charge is 0.494 e. The second-order valence-electron chi connectivity index (χ2n) is 6.45. The summed E-state index contributed by atoms with van der Waals surface area (Å²) in [4.78, 5) is 12.3. The highest BCUT2D eigenvalue weighted by Gasteiger charge is 2.31. The summed E-state index contributed by atoms with van der Waals surface area (Å²) in [5.41, 5.74) is 1.31. The fraction of sp³-hybridized carbons (Fsp3) is 0.500. The number of aliphatic hydroxyl groups excluding tert-OH is 1. The summed E-state index contributed by atoms with van der Waals surface area (Å²) < 4.78 is 7.09. The van der Waals surface area contributed by atoms with Gasteiger partial charge in [0.1, 0.15) is 11.4 Å². The smallest absolute Gasteiger partial charge is 0.241 e. The molecule has 2 fully saturated rings. The van der Waals surface area contributed by atoms with Gasteiger partial charge in [-0.05, 0) is 47.9 Å². The first-order valence-corrected chi connectivity index (χ1v) is 8.34. The van der Waals surface area contributed by atoms with Gasteiger partial charge in [0.25, 0.3) is 0 Å². The average molecular weight is 381 g/mol. The molecule has 1 saturated carbocycles. The van der Waals surface area contributed by atoms with Crippen molar-refractivity contribution in [2.75, 3.05) is 19.0 Å². The Morgan fingerprint density at radius 3 is 2.88 bits per heavy atom. The van der Waals surface area contributed by atoms with E-state index < -0.39 is 12.1 Å². The number of β-amino-alcohol motifs (C(OH)–C–C–N with tert-alkyl or cyclic N) is 1. The van der Waals surface area contributed by atoms with Gasteiger partial charge in [0.2, 0.25) is 5.91 Å². The van der Waals surface area contributed by atoms with Crippen molar-refractivity contribution in [2.24, 2.45) is 0 Å². The van der Waals surface area contributed by atoms with Gasteiger partial charge in [-0.2, -0.15) is 4.68 Å². The first-order valence-electron chi connectivity index (χ1n) is 8.34. The molecule has 1 aromatic heterocycles. The van der Waals surface area contributed by atoms with E-state index in [0.29, 0.717) is 36.0 Å². The molecule has 1 amide bonds. The quantitative estimate of drug-likeness (QED) is 0.697. The number of aromatic nitrogens is 4. The lowest BCUT2D eigenvalue weighted by Gasteiger charge is -2.14. The van der Waals surface area contributed by atoms with Gasteiger partial charge in [-0.15, -0.1) is 17.5 Å². The maximum Gasteiger partial charge on any atom is 0.241 e. The Balaban J connectivity index is 0.00000196. The number of methoxy groups -OCH3 is 1. The van der Waals surface area contributed by atoms with Gasteiger partial charge in [-0.25, -0.2) is 0 Å². The van der Waals surface area contributed by atoms with Gasteiger partial charge in [0.05, 0.1) is 19.3 Å². The summed E-state index contributed by atoms with van der Waals surface area (Å²) in [5.74, 6) is 1.64. The fourth-order valence-corrected chi connectivity index (χ4v) is 3.04. The Hall–Kier alpha value is -2.23. The van der Waals surface area contributed by atoms with Crippen LogP contribution < -0.4 is 15.4 Å². The molecule has 2 atom stereocenters. The standard InChI is InChI=1S/C16H20N6O3.ClH/c1-25-14-5-4-10(18-16(24)12-7-11(23)8-17-12)6-13(14)22-15(9-2-3-9)19-20-21-22;/h4-6,9,11-12,17,23H,2-3,7-8H2,1H3,(H,18,24);1H. The number of nitrogens with zero attached hydrogens (tertiary/aromatic N) is 4. The van der Waals surface area contributed by atoms with Gasteiger partial charge >= 0.3 is 0 Å². The van der Waals surface area contributed by atoms with Crippen LogP contribution in [-0.2, 0) is 4.79 Å². The monoisotopic (exact) mass is 380 g/mol. The van der Waals surface area contributed by atoms with E-state index in [2.05, 4.69) is 26.2 Å². The van der Waals surface area contributed by atoms with Crippen LogP contribution in [-0.4, -0.2) is 57.0 Å². The number of benzene rings is 1. The predicted octanol–water partition coefficient (Wildman–Crippen LogP) is 0.631. The van der Waals surface area contributed by atoms with Crippen molar-refractivity contribution in [3.8, 4) is 11.4 Å². The molecule has 0 bridgehead atoms. The highest BCUT2D eigenvalue weighted by molar-refractivity contribution is 5.95. The molecule has 26 heavy (non-hydrogen) atoms. The minimum Gasteiger partial charge on any atom is -0.494 e. The molecule has 4 rings (SSSR count). The average Bonchev–Trinajstić information content (AvgIpc) is 3.17. The van der Waals surface area contributed by atoms with Gasteiger partial charge in [-0.3, -0.25) is 4.79 Å². The van der Waals surface area contributed by atoms with Crippen LogP contribution in [0.3, 0.4) is 0 Å². The summed E-state index contributed by atoms with van der Waals surface area (Å²) in [7, 11) is 1.59. The molecule has 1 aromatic carbocycles. The number of rotatable bonds is 5. The lowest BCUT2D eigenvalue weighted by atomic mass is 10.2. The van der Waals surface area contributed by atoms with Crippen LogP contribution in [0.4, 0.5) is 5.69 Å². The number of carbonyl (C=O) groups is 1. The molecule has 10 heteroatoms. The minimum atomic E-state index is -0.482.